The Labute approximate surface area is 105 Å². The first kappa shape index (κ1) is 12.1. The van der Waals surface area contributed by atoms with Crippen LogP contribution in [0.2, 0.25) is 0 Å². The van der Waals surface area contributed by atoms with E-state index < -0.39 is 0 Å². The maximum atomic E-state index is 9.16. The van der Waals surface area contributed by atoms with Crippen LogP contribution in [0.15, 0.2) is 30.5 Å². The first-order chi connectivity index (χ1) is 8.24. The number of benzene rings is 1. The summed E-state index contributed by atoms with van der Waals surface area (Å²) in [6.45, 7) is 3.83. The van der Waals surface area contributed by atoms with Crippen LogP contribution in [0, 0.1) is 6.92 Å². The Bertz CT molecular complexity index is 465. The van der Waals surface area contributed by atoms with Crippen molar-refractivity contribution in [3.8, 4) is 5.75 Å². The third kappa shape index (κ3) is 3.84. The number of rotatable bonds is 5. The first-order valence-corrected chi connectivity index (χ1v) is 6.45. The van der Waals surface area contributed by atoms with Crippen molar-refractivity contribution >= 4 is 11.3 Å². The summed E-state index contributed by atoms with van der Waals surface area (Å²) in [4.78, 5) is 5.49. The van der Waals surface area contributed by atoms with Gasteiger partial charge in [-0.3, -0.25) is 0 Å². The van der Waals surface area contributed by atoms with Gasteiger partial charge in [0.2, 0.25) is 0 Å². The van der Waals surface area contributed by atoms with Crippen LogP contribution in [-0.4, -0.2) is 16.6 Å². The Morgan fingerprint density at radius 1 is 1.29 bits per heavy atom. The van der Waals surface area contributed by atoms with E-state index in [4.69, 9.17) is 5.11 Å². The van der Waals surface area contributed by atoms with Crippen molar-refractivity contribution in [3.05, 3.63) is 45.9 Å². The number of nitrogens with one attached hydrogen (secondary N) is 1. The van der Waals surface area contributed by atoms with Crippen LogP contribution in [0.4, 0.5) is 0 Å². The van der Waals surface area contributed by atoms with Gasteiger partial charge >= 0.3 is 0 Å². The van der Waals surface area contributed by atoms with E-state index in [1.165, 1.54) is 10.4 Å². The maximum absolute atomic E-state index is 9.16. The van der Waals surface area contributed by atoms with E-state index in [1.54, 1.807) is 23.5 Å². The maximum Gasteiger partial charge on any atom is 0.115 e. The molecule has 0 amide bonds. The molecule has 0 atom stereocenters. The molecule has 17 heavy (non-hydrogen) atoms. The van der Waals surface area contributed by atoms with Gasteiger partial charge in [0.1, 0.15) is 5.75 Å². The topological polar surface area (TPSA) is 45.2 Å². The fourth-order valence-corrected chi connectivity index (χ4v) is 2.36. The summed E-state index contributed by atoms with van der Waals surface area (Å²) < 4.78 is 0. The second-order valence-corrected chi connectivity index (χ2v) is 5.26. The molecule has 3 nitrogen and oxygen atoms in total. The molecule has 0 spiro atoms. The van der Waals surface area contributed by atoms with Crippen molar-refractivity contribution in [2.24, 2.45) is 0 Å². The molecule has 0 saturated carbocycles. The minimum Gasteiger partial charge on any atom is -0.508 e. The Balaban J connectivity index is 1.71. The van der Waals surface area contributed by atoms with Gasteiger partial charge in [0.15, 0.2) is 0 Å². The molecule has 2 aromatic rings. The van der Waals surface area contributed by atoms with E-state index >= 15 is 0 Å². The Hall–Kier alpha value is -1.39. The summed E-state index contributed by atoms with van der Waals surface area (Å²) in [5, 5.41) is 13.7. The van der Waals surface area contributed by atoms with Crippen LogP contribution >= 0.6 is 11.3 Å². The second kappa shape index (κ2) is 5.80. The molecule has 90 valence electrons. The molecule has 4 heteroatoms. The molecule has 2 rings (SSSR count). The van der Waals surface area contributed by atoms with Crippen molar-refractivity contribution in [1.29, 1.82) is 0 Å². The lowest BCUT2D eigenvalue weighted by molar-refractivity contribution is 0.475. The van der Waals surface area contributed by atoms with E-state index in [9.17, 15) is 0 Å². The van der Waals surface area contributed by atoms with Gasteiger partial charge in [0, 0.05) is 17.6 Å². The highest BCUT2D eigenvalue weighted by molar-refractivity contribution is 7.11. The zero-order valence-corrected chi connectivity index (χ0v) is 10.6. The minimum absolute atomic E-state index is 0.321. The third-order valence-electron chi connectivity index (χ3n) is 2.50. The number of aryl methyl sites for hydroxylation is 1. The number of nitrogens with zero attached hydrogens (tertiary/aromatic N) is 1. The highest BCUT2D eigenvalue weighted by atomic mass is 32.1. The number of hydrogen-bond donors (Lipinski definition) is 2. The lowest BCUT2D eigenvalue weighted by Crippen LogP contribution is -2.15. The minimum atomic E-state index is 0.321. The summed E-state index contributed by atoms with van der Waals surface area (Å²) in [5.41, 5.74) is 1.23. The average Bonchev–Trinajstić information content (AvgIpc) is 2.73. The van der Waals surface area contributed by atoms with Crippen LogP contribution in [0.5, 0.6) is 5.75 Å². The molecule has 0 aliphatic heterocycles. The Morgan fingerprint density at radius 3 is 2.71 bits per heavy atom. The van der Waals surface area contributed by atoms with Gasteiger partial charge in [-0.15, -0.1) is 11.3 Å². The molecule has 2 N–H and O–H groups in total. The van der Waals surface area contributed by atoms with Crippen molar-refractivity contribution < 1.29 is 5.11 Å². The molecule has 0 bridgehead atoms. The van der Waals surface area contributed by atoms with Crippen LogP contribution in [0.1, 0.15) is 15.4 Å². The second-order valence-electron chi connectivity index (χ2n) is 3.94. The summed E-state index contributed by atoms with van der Waals surface area (Å²) in [6.07, 6.45) is 2.89. The number of phenols is 1. The van der Waals surface area contributed by atoms with Crippen molar-refractivity contribution in [2.75, 3.05) is 6.54 Å². The molecule has 0 fully saturated rings. The SMILES string of the molecule is Cc1ncc(CNCCc2ccc(O)cc2)s1. The van der Waals surface area contributed by atoms with Gasteiger partial charge in [-0.2, -0.15) is 0 Å². The van der Waals surface area contributed by atoms with E-state index in [1.807, 2.05) is 25.3 Å². The molecule has 1 aromatic carbocycles. The van der Waals surface area contributed by atoms with E-state index in [0.29, 0.717) is 5.75 Å². The highest BCUT2D eigenvalue weighted by Crippen LogP contribution is 2.11. The molecule has 0 radical (unpaired) electrons. The van der Waals surface area contributed by atoms with Crippen LogP contribution in [0.25, 0.3) is 0 Å². The predicted octanol–water partition coefficient (Wildman–Crippen LogP) is 2.49. The lowest BCUT2D eigenvalue weighted by atomic mass is 10.1. The van der Waals surface area contributed by atoms with Gasteiger partial charge in [-0.1, -0.05) is 12.1 Å². The number of thiazole rings is 1. The smallest absolute Gasteiger partial charge is 0.115 e. The molecule has 0 aliphatic rings. The molecule has 0 aliphatic carbocycles. The van der Waals surface area contributed by atoms with E-state index in [-0.39, 0.29) is 0 Å². The Morgan fingerprint density at radius 2 is 2.06 bits per heavy atom. The number of phenolic OH excluding ortho intramolecular Hbond substituents is 1. The summed E-state index contributed by atoms with van der Waals surface area (Å²) in [7, 11) is 0. The quantitative estimate of drug-likeness (QED) is 0.799. The normalized spacial score (nSPS) is 10.6. The summed E-state index contributed by atoms with van der Waals surface area (Å²) in [5.74, 6) is 0.321. The summed E-state index contributed by atoms with van der Waals surface area (Å²) >= 11 is 1.73. The van der Waals surface area contributed by atoms with Crippen LogP contribution in [-0.2, 0) is 13.0 Å². The number of aromatic nitrogens is 1. The van der Waals surface area contributed by atoms with Crippen LogP contribution in [0.3, 0.4) is 0 Å². The standard InChI is InChI=1S/C13H16N2OS/c1-10-15-9-13(17-10)8-14-7-6-11-2-4-12(16)5-3-11/h2-5,9,14,16H,6-8H2,1H3. The summed E-state index contributed by atoms with van der Waals surface area (Å²) in [6, 6.07) is 7.35. The number of aromatic hydroxyl groups is 1. The Kier molecular flexibility index (Phi) is 4.12. The van der Waals surface area contributed by atoms with Crippen molar-refractivity contribution in [1.82, 2.24) is 10.3 Å². The molecule has 1 aromatic heterocycles. The molecular formula is C13H16N2OS. The molecule has 0 saturated heterocycles. The lowest BCUT2D eigenvalue weighted by Gasteiger charge is -2.03. The van der Waals surface area contributed by atoms with E-state index in [2.05, 4.69) is 10.3 Å². The van der Waals surface area contributed by atoms with Gasteiger partial charge < -0.3 is 10.4 Å². The average molecular weight is 248 g/mol. The fourth-order valence-electron chi connectivity index (χ4n) is 1.59. The van der Waals surface area contributed by atoms with Crippen molar-refractivity contribution in [2.45, 2.75) is 19.9 Å². The molecule has 1 heterocycles. The van der Waals surface area contributed by atoms with Gasteiger partial charge in [-0.25, -0.2) is 4.98 Å². The molecular weight excluding hydrogens is 232 g/mol. The first-order valence-electron chi connectivity index (χ1n) is 5.64. The monoisotopic (exact) mass is 248 g/mol. The third-order valence-corrected chi connectivity index (χ3v) is 3.41. The van der Waals surface area contributed by atoms with Gasteiger partial charge in [0.25, 0.3) is 0 Å². The predicted molar refractivity (Wildman–Crippen MR) is 70.4 cm³/mol. The van der Waals surface area contributed by atoms with Crippen molar-refractivity contribution in [3.63, 3.8) is 0 Å². The van der Waals surface area contributed by atoms with E-state index in [0.717, 1.165) is 24.5 Å². The largest absolute Gasteiger partial charge is 0.508 e. The van der Waals surface area contributed by atoms with Gasteiger partial charge in [-0.05, 0) is 37.6 Å². The zero-order valence-electron chi connectivity index (χ0n) is 9.81. The van der Waals surface area contributed by atoms with Gasteiger partial charge in [0.05, 0.1) is 5.01 Å². The zero-order chi connectivity index (χ0) is 12.1. The fraction of sp³-hybridized carbons (Fsp3) is 0.308. The highest BCUT2D eigenvalue weighted by Gasteiger charge is 1.98. The number of hydrogen-bond acceptors (Lipinski definition) is 4. The van der Waals surface area contributed by atoms with Crippen LogP contribution < -0.4 is 5.32 Å². The molecule has 0 unspecified atom stereocenters.